The van der Waals surface area contributed by atoms with Crippen LogP contribution in [0.2, 0.25) is 0 Å². The van der Waals surface area contributed by atoms with Crippen LogP contribution in [0.4, 0.5) is 0 Å². The Bertz CT molecular complexity index is 558. The lowest BCUT2D eigenvalue weighted by Crippen LogP contribution is -2.20. The van der Waals surface area contributed by atoms with Crippen LogP contribution in [-0.4, -0.2) is 26.0 Å². The quantitative estimate of drug-likeness (QED) is 0.902. The average molecular weight is 256 g/mol. The number of ether oxygens (including phenoxy) is 1. The van der Waals surface area contributed by atoms with Crippen LogP contribution in [0.3, 0.4) is 0 Å². The molecule has 0 aromatic heterocycles. The Kier molecular flexibility index (Phi) is 3.28. The third-order valence-electron chi connectivity index (χ3n) is 4.07. The highest BCUT2D eigenvalue weighted by molar-refractivity contribution is 5.88. The Morgan fingerprint density at radius 2 is 2.21 bits per heavy atom. The average Bonchev–Trinajstić information content (AvgIpc) is 2.94. The number of nitrogens with one attached hydrogen (secondary N) is 1. The van der Waals surface area contributed by atoms with Crippen molar-refractivity contribution in [2.75, 3.05) is 20.2 Å². The maximum absolute atomic E-state index is 5.30. The lowest BCUT2D eigenvalue weighted by molar-refractivity contribution is 0.414. The van der Waals surface area contributed by atoms with Crippen molar-refractivity contribution in [3.63, 3.8) is 0 Å². The lowest BCUT2D eigenvalue weighted by Gasteiger charge is -2.22. The molecular formula is C16H20N2O. The highest BCUT2D eigenvalue weighted by Crippen LogP contribution is 2.34. The van der Waals surface area contributed by atoms with Crippen molar-refractivity contribution in [1.29, 1.82) is 0 Å². The molecule has 0 spiro atoms. The van der Waals surface area contributed by atoms with Gasteiger partial charge in [0.15, 0.2) is 0 Å². The zero-order valence-electron chi connectivity index (χ0n) is 11.6. The predicted octanol–water partition coefficient (Wildman–Crippen LogP) is 2.81. The summed E-state index contributed by atoms with van der Waals surface area (Å²) >= 11 is 0. The van der Waals surface area contributed by atoms with E-state index in [1.165, 1.54) is 22.3 Å². The minimum absolute atomic E-state index is 0.926. The largest absolute Gasteiger partial charge is 0.497 e. The van der Waals surface area contributed by atoms with Gasteiger partial charge < -0.3 is 10.1 Å². The number of aliphatic imine (C=N–C) groups is 1. The molecule has 19 heavy (non-hydrogen) atoms. The summed E-state index contributed by atoms with van der Waals surface area (Å²) in [5, 5.41) is 3.36. The van der Waals surface area contributed by atoms with E-state index in [1.807, 2.05) is 0 Å². The van der Waals surface area contributed by atoms with Gasteiger partial charge in [0.25, 0.3) is 0 Å². The first-order chi connectivity index (χ1) is 9.28. The van der Waals surface area contributed by atoms with Gasteiger partial charge in [-0.05, 0) is 48.6 Å². The Balaban J connectivity index is 1.89. The summed E-state index contributed by atoms with van der Waals surface area (Å²) in [5.74, 6) is 2.11. The van der Waals surface area contributed by atoms with Gasteiger partial charge in [0.1, 0.15) is 11.6 Å². The molecule has 0 unspecified atom stereocenters. The predicted molar refractivity (Wildman–Crippen MR) is 78.8 cm³/mol. The monoisotopic (exact) mass is 256 g/mol. The molecule has 2 aliphatic rings. The molecule has 0 amide bonds. The molecule has 1 heterocycles. The molecule has 3 rings (SSSR count). The Morgan fingerprint density at radius 1 is 1.32 bits per heavy atom. The van der Waals surface area contributed by atoms with Gasteiger partial charge >= 0.3 is 0 Å². The van der Waals surface area contributed by atoms with Gasteiger partial charge in [0, 0.05) is 13.0 Å². The first-order valence-electron chi connectivity index (χ1n) is 6.91. The molecule has 1 N–H and O–H groups in total. The van der Waals surface area contributed by atoms with E-state index in [9.17, 15) is 0 Å². The van der Waals surface area contributed by atoms with E-state index in [2.05, 4.69) is 35.4 Å². The van der Waals surface area contributed by atoms with Gasteiger partial charge in [0.05, 0.1) is 13.7 Å². The van der Waals surface area contributed by atoms with Crippen LogP contribution >= 0.6 is 0 Å². The van der Waals surface area contributed by atoms with Gasteiger partial charge in [-0.15, -0.1) is 0 Å². The number of methoxy groups -OCH3 is 1. The molecule has 0 radical (unpaired) electrons. The van der Waals surface area contributed by atoms with Crippen LogP contribution < -0.4 is 10.1 Å². The number of benzene rings is 1. The van der Waals surface area contributed by atoms with Gasteiger partial charge in [0.2, 0.25) is 0 Å². The van der Waals surface area contributed by atoms with E-state index in [1.54, 1.807) is 7.11 Å². The fraction of sp³-hybridized carbons (Fsp3) is 0.438. The molecule has 0 fully saturated rings. The molecule has 3 heteroatoms. The molecule has 3 nitrogen and oxygen atoms in total. The van der Waals surface area contributed by atoms with Crippen molar-refractivity contribution < 1.29 is 4.74 Å². The first-order valence-corrected chi connectivity index (χ1v) is 6.91. The number of amidine groups is 1. The van der Waals surface area contributed by atoms with E-state index in [4.69, 9.17) is 4.74 Å². The molecule has 0 bridgehead atoms. The first kappa shape index (κ1) is 12.3. The molecule has 1 aromatic carbocycles. The van der Waals surface area contributed by atoms with Gasteiger partial charge in [-0.1, -0.05) is 11.6 Å². The van der Waals surface area contributed by atoms with Crippen LogP contribution in [-0.2, 0) is 6.42 Å². The second-order valence-corrected chi connectivity index (χ2v) is 5.18. The second-order valence-electron chi connectivity index (χ2n) is 5.18. The van der Waals surface area contributed by atoms with E-state index < -0.39 is 0 Å². The minimum Gasteiger partial charge on any atom is -0.497 e. The van der Waals surface area contributed by atoms with E-state index in [0.29, 0.717) is 0 Å². The van der Waals surface area contributed by atoms with Crippen molar-refractivity contribution in [2.45, 2.75) is 26.2 Å². The fourth-order valence-electron chi connectivity index (χ4n) is 2.92. The third kappa shape index (κ3) is 2.37. The van der Waals surface area contributed by atoms with Gasteiger partial charge in [-0.3, -0.25) is 4.99 Å². The normalized spacial score (nSPS) is 17.9. The van der Waals surface area contributed by atoms with Crippen LogP contribution in [0, 0.1) is 0 Å². The smallest absolute Gasteiger partial charge is 0.119 e. The fourth-order valence-corrected chi connectivity index (χ4v) is 2.92. The zero-order valence-corrected chi connectivity index (χ0v) is 11.6. The number of hydrogen-bond acceptors (Lipinski definition) is 3. The lowest BCUT2D eigenvalue weighted by atomic mass is 9.85. The third-order valence-corrected chi connectivity index (χ3v) is 4.07. The maximum Gasteiger partial charge on any atom is 0.119 e. The highest BCUT2D eigenvalue weighted by Gasteiger charge is 2.18. The molecule has 1 aliphatic heterocycles. The van der Waals surface area contributed by atoms with E-state index >= 15 is 0 Å². The van der Waals surface area contributed by atoms with Crippen molar-refractivity contribution in [3.05, 3.63) is 34.9 Å². The van der Waals surface area contributed by atoms with E-state index in [0.717, 1.165) is 43.9 Å². The number of fused-ring (bicyclic) bond motifs is 1. The molecule has 0 saturated heterocycles. The summed E-state index contributed by atoms with van der Waals surface area (Å²) in [6.07, 6.45) is 3.22. The Hall–Kier alpha value is -1.77. The number of rotatable bonds is 3. The summed E-state index contributed by atoms with van der Waals surface area (Å²) in [4.78, 5) is 4.50. The van der Waals surface area contributed by atoms with Crippen molar-refractivity contribution in [2.24, 2.45) is 4.99 Å². The minimum atomic E-state index is 0.926. The topological polar surface area (TPSA) is 33.6 Å². The van der Waals surface area contributed by atoms with Crippen LogP contribution in [0.15, 0.2) is 28.8 Å². The molecule has 1 aromatic rings. The van der Waals surface area contributed by atoms with Gasteiger partial charge in [-0.2, -0.15) is 0 Å². The van der Waals surface area contributed by atoms with Gasteiger partial charge in [-0.25, -0.2) is 0 Å². The molecule has 0 saturated carbocycles. The number of aryl methyl sites for hydroxylation is 1. The van der Waals surface area contributed by atoms with Crippen molar-refractivity contribution in [3.8, 4) is 5.75 Å². The van der Waals surface area contributed by atoms with E-state index in [-0.39, 0.29) is 0 Å². The SMILES string of the molecule is COc1ccc2c(c1)CCC(CC1=NCCN1)=C2C. The number of nitrogens with zero attached hydrogens (tertiary/aromatic N) is 1. The summed E-state index contributed by atoms with van der Waals surface area (Å²) in [7, 11) is 1.72. The standard InChI is InChI=1S/C16H20N2O/c1-11-12(10-16-17-7-8-18-16)3-4-13-9-14(19-2)5-6-15(11)13/h5-6,9H,3-4,7-8,10H2,1-2H3,(H,17,18). The summed E-state index contributed by atoms with van der Waals surface area (Å²) < 4.78 is 5.30. The highest BCUT2D eigenvalue weighted by atomic mass is 16.5. The Labute approximate surface area is 114 Å². The molecular weight excluding hydrogens is 236 g/mol. The summed E-state index contributed by atoms with van der Waals surface area (Å²) in [5.41, 5.74) is 5.72. The molecule has 0 atom stereocenters. The maximum atomic E-state index is 5.30. The number of allylic oxidation sites excluding steroid dienone is 1. The van der Waals surface area contributed by atoms with Crippen molar-refractivity contribution in [1.82, 2.24) is 5.32 Å². The van der Waals surface area contributed by atoms with Crippen LogP contribution in [0.5, 0.6) is 5.75 Å². The van der Waals surface area contributed by atoms with Crippen molar-refractivity contribution >= 4 is 11.4 Å². The summed E-state index contributed by atoms with van der Waals surface area (Å²) in [6, 6.07) is 6.41. The summed E-state index contributed by atoms with van der Waals surface area (Å²) in [6.45, 7) is 4.15. The van der Waals surface area contributed by atoms with Crippen LogP contribution in [0.1, 0.15) is 30.9 Å². The zero-order chi connectivity index (χ0) is 13.2. The second kappa shape index (κ2) is 5.08. The van der Waals surface area contributed by atoms with Crippen LogP contribution in [0.25, 0.3) is 5.57 Å². The molecule has 1 aliphatic carbocycles. The number of hydrogen-bond donors (Lipinski definition) is 1. The Morgan fingerprint density at radius 3 is 2.95 bits per heavy atom. The molecule has 100 valence electrons.